The van der Waals surface area contributed by atoms with E-state index in [1.807, 2.05) is 27.8 Å². The van der Waals surface area contributed by atoms with Crippen molar-refractivity contribution in [2.75, 3.05) is 10.6 Å². The SMILES string of the molecule is CCc1nn(C)c2c1NC(=O)C(C)(C)N2. The Labute approximate surface area is 88.8 Å². The molecular weight excluding hydrogens is 192 g/mol. The second-order valence-electron chi connectivity index (χ2n) is 4.35. The molecule has 1 aromatic rings. The molecule has 0 saturated carbocycles. The number of aryl methyl sites for hydroxylation is 2. The van der Waals surface area contributed by atoms with Crippen molar-refractivity contribution >= 4 is 17.4 Å². The van der Waals surface area contributed by atoms with E-state index >= 15 is 0 Å². The molecule has 0 bridgehead atoms. The Hall–Kier alpha value is -1.52. The summed E-state index contributed by atoms with van der Waals surface area (Å²) in [6, 6.07) is 0. The van der Waals surface area contributed by atoms with Crippen molar-refractivity contribution < 1.29 is 4.79 Å². The molecule has 5 heteroatoms. The van der Waals surface area contributed by atoms with Crippen LogP contribution in [-0.4, -0.2) is 21.2 Å². The fraction of sp³-hybridized carbons (Fsp3) is 0.600. The largest absolute Gasteiger partial charge is 0.355 e. The van der Waals surface area contributed by atoms with Gasteiger partial charge in [-0.15, -0.1) is 0 Å². The maximum Gasteiger partial charge on any atom is 0.249 e. The standard InChI is InChI=1S/C10H16N4O/c1-5-6-7-8(14(4)13-6)12-10(2,3)9(15)11-7/h12H,5H2,1-4H3,(H,11,15). The highest BCUT2D eigenvalue weighted by molar-refractivity contribution is 6.05. The molecule has 1 aromatic heterocycles. The second-order valence-corrected chi connectivity index (χ2v) is 4.35. The average molecular weight is 208 g/mol. The summed E-state index contributed by atoms with van der Waals surface area (Å²) in [6.07, 6.45) is 0.811. The number of carbonyl (C=O) groups excluding carboxylic acids is 1. The Morgan fingerprint density at radius 2 is 2.13 bits per heavy atom. The van der Waals surface area contributed by atoms with Gasteiger partial charge in [0, 0.05) is 7.05 Å². The Morgan fingerprint density at radius 1 is 1.47 bits per heavy atom. The van der Waals surface area contributed by atoms with Crippen molar-refractivity contribution in [2.24, 2.45) is 7.05 Å². The van der Waals surface area contributed by atoms with Gasteiger partial charge in [0.2, 0.25) is 5.91 Å². The smallest absolute Gasteiger partial charge is 0.249 e. The van der Waals surface area contributed by atoms with Gasteiger partial charge in [0.1, 0.15) is 17.0 Å². The number of anilines is 2. The highest BCUT2D eigenvalue weighted by atomic mass is 16.2. The van der Waals surface area contributed by atoms with Crippen molar-refractivity contribution in [3.05, 3.63) is 5.69 Å². The predicted molar refractivity (Wildman–Crippen MR) is 58.9 cm³/mol. The van der Waals surface area contributed by atoms with Crippen LogP contribution in [0.1, 0.15) is 26.5 Å². The monoisotopic (exact) mass is 208 g/mol. The molecule has 1 aliphatic heterocycles. The molecule has 0 atom stereocenters. The Bertz CT molecular complexity index is 419. The third-order valence-corrected chi connectivity index (χ3v) is 2.69. The summed E-state index contributed by atoms with van der Waals surface area (Å²) in [5.74, 6) is 0.870. The number of aromatic nitrogens is 2. The van der Waals surface area contributed by atoms with Gasteiger partial charge in [0.15, 0.2) is 0 Å². The fourth-order valence-corrected chi connectivity index (χ4v) is 1.72. The van der Waals surface area contributed by atoms with E-state index in [4.69, 9.17) is 0 Å². The van der Waals surface area contributed by atoms with Crippen molar-refractivity contribution in [2.45, 2.75) is 32.7 Å². The number of fused-ring (bicyclic) bond motifs is 1. The minimum atomic E-state index is -0.578. The molecule has 0 aliphatic carbocycles. The van der Waals surface area contributed by atoms with Crippen LogP contribution in [0.15, 0.2) is 0 Å². The Kier molecular flexibility index (Phi) is 1.99. The molecule has 15 heavy (non-hydrogen) atoms. The normalized spacial score (nSPS) is 18.0. The summed E-state index contributed by atoms with van der Waals surface area (Å²) in [5.41, 5.74) is 1.17. The number of hydrogen-bond acceptors (Lipinski definition) is 3. The zero-order valence-electron chi connectivity index (χ0n) is 9.51. The van der Waals surface area contributed by atoms with Gasteiger partial charge in [-0.05, 0) is 20.3 Å². The Morgan fingerprint density at radius 3 is 2.73 bits per heavy atom. The maximum absolute atomic E-state index is 11.7. The van der Waals surface area contributed by atoms with Crippen molar-refractivity contribution in [1.82, 2.24) is 9.78 Å². The van der Waals surface area contributed by atoms with Gasteiger partial charge >= 0.3 is 0 Å². The third kappa shape index (κ3) is 1.38. The van der Waals surface area contributed by atoms with E-state index in [0.29, 0.717) is 0 Å². The van der Waals surface area contributed by atoms with Crippen LogP contribution in [0.3, 0.4) is 0 Å². The van der Waals surface area contributed by atoms with Crippen LogP contribution in [0, 0.1) is 0 Å². The van der Waals surface area contributed by atoms with E-state index in [9.17, 15) is 4.79 Å². The molecule has 0 fully saturated rings. The number of hydrogen-bond donors (Lipinski definition) is 2. The van der Waals surface area contributed by atoms with Gasteiger partial charge in [-0.1, -0.05) is 6.92 Å². The van der Waals surface area contributed by atoms with Crippen LogP contribution in [0.25, 0.3) is 0 Å². The lowest BCUT2D eigenvalue weighted by molar-refractivity contribution is -0.119. The van der Waals surface area contributed by atoms with Crippen molar-refractivity contribution in [3.8, 4) is 0 Å². The summed E-state index contributed by atoms with van der Waals surface area (Å²) >= 11 is 0. The van der Waals surface area contributed by atoms with Crippen molar-refractivity contribution in [3.63, 3.8) is 0 Å². The Balaban J connectivity index is 2.51. The number of nitrogens with one attached hydrogen (secondary N) is 2. The van der Waals surface area contributed by atoms with E-state index in [2.05, 4.69) is 15.7 Å². The number of nitrogens with zero attached hydrogens (tertiary/aromatic N) is 2. The summed E-state index contributed by atoms with van der Waals surface area (Å²) in [4.78, 5) is 11.7. The maximum atomic E-state index is 11.7. The third-order valence-electron chi connectivity index (χ3n) is 2.69. The second kappa shape index (κ2) is 2.98. The van der Waals surface area contributed by atoms with Gasteiger partial charge < -0.3 is 10.6 Å². The first kappa shape index (κ1) is 10.0. The summed E-state index contributed by atoms with van der Waals surface area (Å²) in [6.45, 7) is 5.72. The molecule has 0 radical (unpaired) electrons. The highest BCUT2D eigenvalue weighted by Crippen LogP contribution is 2.33. The van der Waals surface area contributed by atoms with E-state index in [0.717, 1.165) is 23.6 Å². The van der Waals surface area contributed by atoms with Crippen LogP contribution < -0.4 is 10.6 Å². The summed E-state index contributed by atoms with van der Waals surface area (Å²) in [7, 11) is 1.87. The topological polar surface area (TPSA) is 59.0 Å². The lowest BCUT2D eigenvalue weighted by Gasteiger charge is -2.31. The molecule has 82 valence electrons. The molecule has 0 unspecified atom stereocenters. The molecule has 0 aromatic carbocycles. The van der Waals surface area contributed by atoms with Crippen molar-refractivity contribution in [1.29, 1.82) is 0 Å². The quantitative estimate of drug-likeness (QED) is 0.727. The number of amides is 1. The lowest BCUT2D eigenvalue weighted by atomic mass is 10.0. The zero-order chi connectivity index (χ0) is 11.2. The molecule has 1 aliphatic rings. The van der Waals surface area contributed by atoms with Gasteiger partial charge in [-0.25, -0.2) is 0 Å². The van der Waals surface area contributed by atoms with E-state index in [1.54, 1.807) is 4.68 Å². The van der Waals surface area contributed by atoms with E-state index in [1.165, 1.54) is 0 Å². The van der Waals surface area contributed by atoms with Gasteiger partial charge in [-0.2, -0.15) is 5.10 Å². The van der Waals surface area contributed by atoms with E-state index < -0.39 is 5.54 Å². The molecule has 2 heterocycles. The molecule has 2 N–H and O–H groups in total. The zero-order valence-corrected chi connectivity index (χ0v) is 9.51. The molecule has 2 rings (SSSR count). The summed E-state index contributed by atoms with van der Waals surface area (Å²) in [5, 5.41) is 10.5. The predicted octanol–water partition coefficient (Wildman–Crippen LogP) is 1.13. The average Bonchev–Trinajstić information content (AvgIpc) is 2.44. The van der Waals surface area contributed by atoms with Gasteiger partial charge in [0.25, 0.3) is 0 Å². The first-order chi connectivity index (χ1) is 6.95. The van der Waals surface area contributed by atoms with Crippen LogP contribution >= 0.6 is 0 Å². The number of carbonyl (C=O) groups is 1. The highest BCUT2D eigenvalue weighted by Gasteiger charge is 2.36. The summed E-state index contributed by atoms with van der Waals surface area (Å²) < 4.78 is 1.77. The van der Waals surface area contributed by atoms with Crippen LogP contribution in [0.5, 0.6) is 0 Å². The molecule has 1 amide bonds. The first-order valence-electron chi connectivity index (χ1n) is 5.11. The van der Waals surface area contributed by atoms with Gasteiger partial charge in [0.05, 0.1) is 5.69 Å². The number of rotatable bonds is 1. The minimum Gasteiger partial charge on any atom is -0.355 e. The molecular formula is C10H16N4O. The first-order valence-corrected chi connectivity index (χ1v) is 5.11. The molecule has 0 saturated heterocycles. The lowest BCUT2D eigenvalue weighted by Crippen LogP contribution is -2.48. The van der Waals surface area contributed by atoms with Crippen LogP contribution in [0.4, 0.5) is 11.5 Å². The molecule has 5 nitrogen and oxygen atoms in total. The fourth-order valence-electron chi connectivity index (χ4n) is 1.72. The van der Waals surface area contributed by atoms with Gasteiger partial charge in [-0.3, -0.25) is 9.48 Å². The van der Waals surface area contributed by atoms with E-state index in [-0.39, 0.29) is 5.91 Å². The minimum absolute atomic E-state index is 0.0160. The molecule has 0 spiro atoms. The van der Waals surface area contributed by atoms with Crippen LogP contribution in [-0.2, 0) is 18.3 Å². The van der Waals surface area contributed by atoms with Crippen LogP contribution in [0.2, 0.25) is 0 Å².